The summed E-state index contributed by atoms with van der Waals surface area (Å²) in [5.74, 6) is 0.990. The topological polar surface area (TPSA) is 32.3 Å². The first-order chi connectivity index (χ1) is 8.45. The van der Waals surface area contributed by atoms with Gasteiger partial charge in [0.2, 0.25) is 0 Å². The molecule has 0 saturated heterocycles. The molecule has 3 aliphatic heterocycles. The van der Waals surface area contributed by atoms with Gasteiger partial charge in [0.1, 0.15) is 0 Å². The number of rotatable bonds is 0. The molecule has 0 N–H and O–H groups in total. The van der Waals surface area contributed by atoms with E-state index in [1.807, 2.05) is 0 Å². The molecule has 4 nitrogen and oxygen atoms in total. The summed E-state index contributed by atoms with van der Waals surface area (Å²) in [5, 5.41) is 8.31. The Bertz CT molecular complexity index is 484. The van der Waals surface area contributed by atoms with Crippen molar-refractivity contribution in [2.75, 3.05) is 22.9 Å². The average Bonchev–Trinajstić information content (AvgIpc) is 2.70. The van der Waals surface area contributed by atoms with Gasteiger partial charge in [-0.25, -0.2) is 0 Å². The van der Waals surface area contributed by atoms with Crippen LogP contribution in [0.5, 0.6) is 0 Å². The molecular weight excluding hydrogens is 212 g/mol. The molecule has 5 rings (SSSR count). The fourth-order valence-corrected chi connectivity index (χ4v) is 2.74. The zero-order valence-electron chi connectivity index (χ0n) is 9.37. The Kier molecular flexibility index (Phi) is 1.69. The monoisotopic (exact) mass is 224 g/mol. The van der Waals surface area contributed by atoms with Gasteiger partial charge >= 0.3 is 0 Å². The van der Waals surface area contributed by atoms with Gasteiger partial charge in [-0.1, -0.05) is 12.1 Å². The highest BCUT2D eigenvalue weighted by molar-refractivity contribution is 5.91. The zero-order valence-corrected chi connectivity index (χ0v) is 9.37. The summed E-state index contributed by atoms with van der Waals surface area (Å²) < 4.78 is 0. The molecule has 3 aliphatic rings. The summed E-state index contributed by atoms with van der Waals surface area (Å²) in [7, 11) is 0. The number of nitrogens with zero attached hydrogens (tertiary/aromatic N) is 4. The van der Waals surface area contributed by atoms with Crippen molar-refractivity contribution in [2.45, 2.75) is 6.42 Å². The van der Waals surface area contributed by atoms with Gasteiger partial charge in [0.25, 0.3) is 0 Å². The molecule has 84 valence electrons. The summed E-state index contributed by atoms with van der Waals surface area (Å²) in [4.78, 5) is 4.63. The minimum absolute atomic E-state index is 0.990. The van der Waals surface area contributed by atoms with Crippen LogP contribution in [0.2, 0.25) is 0 Å². The van der Waals surface area contributed by atoms with E-state index in [1.165, 1.54) is 17.1 Å². The van der Waals surface area contributed by atoms with E-state index in [0.29, 0.717) is 0 Å². The van der Waals surface area contributed by atoms with Crippen molar-refractivity contribution in [1.82, 2.24) is 10.2 Å². The molecule has 2 aromatic rings. The summed E-state index contributed by atoms with van der Waals surface area (Å²) in [5.41, 5.74) is 3.71. The highest BCUT2D eigenvalue weighted by Crippen LogP contribution is 2.47. The highest BCUT2D eigenvalue weighted by Gasteiger charge is 2.31. The Morgan fingerprint density at radius 3 is 2.53 bits per heavy atom. The van der Waals surface area contributed by atoms with Crippen LogP contribution in [0.1, 0.15) is 6.42 Å². The van der Waals surface area contributed by atoms with Crippen molar-refractivity contribution in [3.63, 3.8) is 0 Å². The Morgan fingerprint density at radius 2 is 1.65 bits per heavy atom. The van der Waals surface area contributed by atoms with Crippen LogP contribution in [0.4, 0.5) is 22.9 Å². The standard InChI is InChI=1S/C13H12N4/c1-2-5-11-10(4-1)16-8-3-9-17(11)13-12(16)6-7-14-15-13/h1-2,4-7H,3,8-9H2. The van der Waals surface area contributed by atoms with Crippen LogP contribution >= 0.6 is 0 Å². The van der Waals surface area contributed by atoms with Crippen LogP contribution in [0.3, 0.4) is 0 Å². The number of aromatic nitrogens is 2. The van der Waals surface area contributed by atoms with E-state index in [1.54, 1.807) is 6.20 Å². The maximum Gasteiger partial charge on any atom is 0.179 e. The smallest absolute Gasteiger partial charge is 0.179 e. The number of hydrogen-bond acceptors (Lipinski definition) is 4. The van der Waals surface area contributed by atoms with Gasteiger partial charge in [0.05, 0.1) is 23.3 Å². The molecule has 17 heavy (non-hydrogen) atoms. The maximum atomic E-state index is 4.30. The Hall–Kier alpha value is -2.10. The lowest BCUT2D eigenvalue weighted by atomic mass is 10.1. The lowest BCUT2D eigenvalue weighted by molar-refractivity contribution is 0.843. The lowest BCUT2D eigenvalue weighted by Crippen LogP contribution is -2.25. The Morgan fingerprint density at radius 1 is 0.882 bits per heavy atom. The van der Waals surface area contributed by atoms with Gasteiger partial charge in [0.15, 0.2) is 5.82 Å². The largest absolute Gasteiger partial charge is 0.337 e. The third-order valence-electron chi connectivity index (χ3n) is 3.45. The molecule has 0 radical (unpaired) electrons. The summed E-state index contributed by atoms with van der Waals surface area (Å²) in [6.07, 6.45) is 2.91. The molecule has 0 saturated carbocycles. The summed E-state index contributed by atoms with van der Waals surface area (Å²) in [6, 6.07) is 10.6. The van der Waals surface area contributed by atoms with Crippen LogP contribution in [-0.2, 0) is 0 Å². The number of fused-ring (bicyclic) bond motifs is 2. The van der Waals surface area contributed by atoms with Gasteiger partial charge in [-0.3, -0.25) is 0 Å². The van der Waals surface area contributed by atoms with E-state index in [4.69, 9.17) is 0 Å². The molecular formula is C13H12N4. The van der Waals surface area contributed by atoms with Crippen LogP contribution in [0, 0.1) is 0 Å². The molecule has 0 unspecified atom stereocenters. The van der Waals surface area contributed by atoms with Crippen LogP contribution in [0.15, 0.2) is 36.5 Å². The van der Waals surface area contributed by atoms with Crippen molar-refractivity contribution >= 4 is 22.9 Å². The molecule has 1 aromatic carbocycles. The van der Waals surface area contributed by atoms with E-state index in [9.17, 15) is 0 Å². The molecule has 0 fully saturated rings. The van der Waals surface area contributed by atoms with Gasteiger partial charge in [-0.2, -0.15) is 5.10 Å². The minimum atomic E-state index is 0.990. The van der Waals surface area contributed by atoms with E-state index in [-0.39, 0.29) is 0 Å². The van der Waals surface area contributed by atoms with Gasteiger partial charge in [0, 0.05) is 13.1 Å². The molecule has 4 heteroatoms. The second kappa shape index (κ2) is 3.20. The number of para-hydroxylation sites is 2. The van der Waals surface area contributed by atoms with Gasteiger partial charge < -0.3 is 9.80 Å². The van der Waals surface area contributed by atoms with E-state index >= 15 is 0 Å². The second-order valence-corrected chi connectivity index (χ2v) is 4.39. The Balaban J connectivity index is 2.04. The molecule has 1 aromatic heterocycles. The summed E-state index contributed by atoms with van der Waals surface area (Å²) >= 11 is 0. The molecule has 0 atom stereocenters. The van der Waals surface area contributed by atoms with Crippen molar-refractivity contribution in [2.24, 2.45) is 0 Å². The summed E-state index contributed by atoms with van der Waals surface area (Å²) in [6.45, 7) is 2.06. The number of hydrogen-bond donors (Lipinski definition) is 0. The first kappa shape index (κ1) is 8.98. The van der Waals surface area contributed by atoms with E-state index < -0.39 is 0 Å². The van der Waals surface area contributed by atoms with Crippen LogP contribution in [-0.4, -0.2) is 23.3 Å². The van der Waals surface area contributed by atoms with Crippen LogP contribution in [0.25, 0.3) is 0 Å². The second-order valence-electron chi connectivity index (χ2n) is 4.39. The van der Waals surface area contributed by atoms with E-state index in [2.05, 4.69) is 50.3 Å². The molecule has 0 amide bonds. The van der Waals surface area contributed by atoms with Crippen molar-refractivity contribution < 1.29 is 0 Å². The maximum absolute atomic E-state index is 4.30. The lowest BCUT2D eigenvalue weighted by Gasteiger charge is -2.34. The average molecular weight is 224 g/mol. The third-order valence-corrected chi connectivity index (χ3v) is 3.45. The third kappa shape index (κ3) is 1.12. The SMILES string of the molecule is c1ccc2c(c1)N1CCCN2c2nnccc21. The van der Waals surface area contributed by atoms with Crippen LogP contribution < -0.4 is 9.80 Å². The first-order valence-corrected chi connectivity index (χ1v) is 5.91. The predicted molar refractivity (Wildman–Crippen MR) is 67.1 cm³/mol. The molecule has 2 bridgehead atoms. The van der Waals surface area contributed by atoms with E-state index in [0.717, 1.165) is 25.3 Å². The Labute approximate surface area is 99.5 Å². The quantitative estimate of drug-likeness (QED) is 0.688. The van der Waals surface area contributed by atoms with Gasteiger partial charge in [-0.05, 0) is 24.6 Å². The minimum Gasteiger partial charge on any atom is -0.337 e. The first-order valence-electron chi connectivity index (χ1n) is 5.91. The fraction of sp³-hybridized carbons (Fsp3) is 0.231. The zero-order chi connectivity index (χ0) is 11.2. The van der Waals surface area contributed by atoms with Crippen molar-refractivity contribution in [1.29, 1.82) is 0 Å². The number of anilines is 4. The molecule has 0 aliphatic carbocycles. The predicted octanol–water partition coefficient (Wildman–Crippen LogP) is 2.47. The normalized spacial score (nSPS) is 16.5. The highest BCUT2D eigenvalue weighted by atomic mass is 15.4. The fourth-order valence-electron chi connectivity index (χ4n) is 2.74. The van der Waals surface area contributed by atoms with Crippen molar-refractivity contribution in [3.8, 4) is 0 Å². The van der Waals surface area contributed by atoms with Crippen molar-refractivity contribution in [3.05, 3.63) is 36.5 Å². The van der Waals surface area contributed by atoms with Gasteiger partial charge in [-0.15, -0.1) is 5.10 Å². The number of benzene rings is 1. The molecule has 4 heterocycles. The molecule has 0 spiro atoms.